The molecule has 6 nitrogen and oxygen atoms in total. The van der Waals surface area contributed by atoms with Gasteiger partial charge >= 0.3 is 0 Å². The molecule has 0 aliphatic carbocycles. The molecule has 112 valence electrons. The molecule has 0 saturated carbocycles. The predicted octanol–water partition coefficient (Wildman–Crippen LogP) is 2.76. The van der Waals surface area contributed by atoms with Crippen LogP contribution in [0.3, 0.4) is 0 Å². The van der Waals surface area contributed by atoms with Gasteiger partial charge in [0.2, 0.25) is 5.13 Å². The molecule has 0 aromatic carbocycles. The Morgan fingerprint density at radius 1 is 1.33 bits per heavy atom. The summed E-state index contributed by atoms with van der Waals surface area (Å²) in [7, 11) is 0. The number of anilines is 2. The average molecular weight is 304 g/mol. The molecule has 1 saturated heterocycles. The quantitative estimate of drug-likeness (QED) is 0.904. The van der Waals surface area contributed by atoms with E-state index in [1.165, 1.54) is 12.8 Å². The Labute approximate surface area is 128 Å². The van der Waals surface area contributed by atoms with Crippen LogP contribution in [0.5, 0.6) is 0 Å². The van der Waals surface area contributed by atoms with Crippen LogP contribution in [-0.2, 0) is 6.42 Å². The van der Waals surface area contributed by atoms with E-state index < -0.39 is 0 Å². The third-order valence-electron chi connectivity index (χ3n) is 3.50. The lowest BCUT2D eigenvalue weighted by Gasteiger charge is -2.22. The number of nitrogens with one attached hydrogen (secondary N) is 2. The minimum atomic E-state index is 0.264. The summed E-state index contributed by atoms with van der Waals surface area (Å²) in [5, 5.41) is 16.8. The third-order valence-corrected chi connectivity index (χ3v) is 4.48. The number of aryl methyl sites for hydroxylation is 2. The minimum Gasteiger partial charge on any atom is -0.315 e. The summed E-state index contributed by atoms with van der Waals surface area (Å²) in [5.41, 5.74) is 0.968. The second-order valence-corrected chi connectivity index (χ2v) is 6.30. The highest BCUT2D eigenvalue weighted by atomic mass is 32.1. The average Bonchev–Trinajstić information content (AvgIpc) is 2.95. The summed E-state index contributed by atoms with van der Waals surface area (Å²) in [6.45, 7) is 5.11. The van der Waals surface area contributed by atoms with Gasteiger partial charge < -0.3 is 10.6 Å². The van der Waals surface area contributed by atoms with E-state index >= 15 is 0 Å². The van der Waals surface area contributed by atoms with Crippen molar-refractivity contribution in [3.05, 3.63) is 22.6 Å². The van der Waals surface area contributed by atoms with E-state index in [1.807, 2.05) is 13.0 Å². The lowest BCUT2D eigenvalue weighted by atomic mass is 10.0. The molecule has 2 aromatic heterocycles. The Morgan fingerprint density at radius 3 is 2.95 bits per heavy atom. The first kappa shape index (κ1) is 14.3. The Hall–Kier alpha value is -1.60. The van der Waals surface area contributed by atoms with Crippen molar-refractivity contribution in [3.8, 4) is 0 Å². The molecular weight excluding hydrogens is 284 g/mol. The van der Waals surface area contributed by atoms with Gasteiger partial charge in [0.25, 0.3) is 0 Å². The van der Waals surface area contributed by atoms with Gasteiger partial charge in [0, 0.05) is 11.8 Å². The summed E-state index contributed by atoms with van der Waals surface area (Å²) in [5.74, 6) is 1.67. The van der Waals surface area contributed by atoms with Crippen LogP contribution in [0.4, 0.5) is 10.9 Å². The number of nitrogens with zero attached hydrogens (tertiary/aromatic N) is 4. The Bertz CT molecular complexity index is 605. The van der Waals surface area contributed by atoms with Crippen LogP contribution in [0.1, 0.15) is 48.8 Å². The summed E-state index contributed by atoms with van der Waals surface area (Å²) < 4.78 is 0. The molecule has 3 heterocycles. The maximum Gasteiger partial charge on any atom is 0.211 e. The van der Waals surface area contributed by atoms with Crippen molar-refractivity contribution in [2.75, 3.05) is 11.9 Å². The molecule has 0 bridgehead atoms. The van der Waals surface area contributed by atoms with E-state index in [9.17, 15) is 0 Å². The molecule has 0 radical (unpaired) electrons. The van der Waals surface area contributed by atoms with Gasteiger partial charge in [-0.3, -0.25) is 0 Å². The first-order valence-electron chi connectivity index (χ1n) is 7.43. The van der Waals surface area contributed by atoms with Crippen LogP contribution in [0.15, 0.2) is 6.07 Å². The molecular formula is C14H20N6S. The normalized spacial score (nSPS) is 18.7. The first-order chi connectivity index (χ1) is 10.2. The molecule has 21 heavy (non-hydrogen) atoms. The number of rotatable bonds is 4. The zero-order chi connectivity index (χ0) is 14.7. The summed E-state index contributed by atoms with van der Waals surface area (Å²) >= 11 is 1.57. The van der Waals surface area contributed by atoms with E-state index in [2.05, 4.69) is 37.7 Å². The molecule has 1 atom stereocenters. The Balaban J connectivity index is 1.79. The molecule has 7 heteroatoms. The zero-order valence-corrected chi connectivity index (χ0v) is 13.2. The number of hydrogen-bond donors (Lipinski definition) is 2. The number of aromatic nitrogens is 4. The van der Waals surface area contributed by atoms with E-state index in [0.717, 1.165) is 46.9 Å². The van der Waals surface area contributed by atoms with Gasteiger partial charge in [-0.1, -0.05) is 24.7 Å². The van der Waals surface area contributed by atoms with Crippen LogP contribution in [0.2, 0.25) is 0 Å². The highest BCUT2D eigenvalue weighted by Gasteiger charge is 2.18. The van der Waals surface area contributed by atoms with Crippen molar-refractivity contribution < 1.29 is 0 Å². The maximum atomic E-state index is 4.64. The summed E-state index contributed by atoms with van der Waals surface area (Å²) in [6, 6.07) is 2.21. The monoisotopic (exact) mass is 304 g/mol. The topological polar surface area (TPSA) is 75.6 Å². The van der Waals surface area contributed by atoms with Crippen molar-refractivity contribution in [1.29, 1.82) is 0 Å². The zero-order valence-electron chi connectivity index (χ0n) is 12.4. The van der Waals surface area contributed by atoms with E-state index in [0.29, 0.717) is 0 Å². The smallest absolute Gasteiger partial charge is 0.211 e. The molecule has 3 rings (SSSR count). The van der Waals surface area contributed by atoms with Gasteiger partial charge in [0.05, 0.1) is 6.04 Å². The van der Waals surface area contributed by atoms with Crippen LogP contribution >= 0.6 is 11.3 Å². The number of piperidine rings is 1. The fraction of sp³-hybridized carbons (Fsp3) is 0.571. The van der Waals surface area contributed by atoms with Crippen LogP contribution in [0, 0.1) is 6.92 Å². The van der Waals surface area contributed by atoms with Gasteiger partial charge in [-0.05, 0) is 32.7 Å². The maximum absolute atomic E-state index is 4.64. The second-order valence-electron chi connectivity index (χ2n) is 5.23. The fourth-order valence-electron chi connectivity index (χ4n) is 2.44. The van der Waals surface area contributed by atoms with Gasteiger partial charge in [-0.15, -0.1) is 10.2 Å². The van der Waals surface area contributed by atoms with Crippen molar-refractivity contribution in [2.45, 2.75) is 45.6 Å². The molecule has 1 unspecified atom stereocenters. The lowest BCUT2D eigenvalue weighted by molar-refractivity contribution is 0.397. The van der Waals surface area contributed by atoms with Gasteiger partial charge in [0.1, 0.15) is 16.6 Å². The predicted molar refractivity (Wildman–Crippen MR) is 83.9 cm³/mol. The fourth-order valence-corrected chi connectivity index (χ4v) is 3.13. The van der Waals surface area contributed by atoms with Crippen molar-refractivity contribution in [3.63, 3.8) is 0 Å². The van der Waals surface area contributed by atoms with E-state index in [4.69, 9.17) is 0 Å². The molecule has 1 aliphatic heterocycles. The van der Waals surface area contributed by atoms with Crippen LogP contribution < -0.4 is 10.6 Å². The highest BCUT2D eigenvalue weighted by Crippen LogP contribution is 2.24. The lowest BCUT2D eigenvalue weighted by Crippen LogP contribution is -2.28. The van der Waals surface area contributed by atoms with Crippen molar-refractivity contribution in [1.82, 2.24) is 25.5 Å². The van der Waals surface area contributed by atoms with Gasteiger partial charge in [-0.2, -0.15) is 0 Å². The van der Waals surface area contributed by atoms with Crippen LogP contribution in [0.25, 0.3) is 0 Å². The van der Waals surface area contributed by atoms with Crippen LogP contribution in [-0.4, -0.2) is 26.7 Å². The Morgan fingerprint density at radius 2 is 2.24 bits per heavy atom. The minimum absolute atomic E-state index is 0.264. The van der Waals surface area contributed by atoms with Gasteiger partial charge in [-0.25, -0.2) is 9.97 Å². The molecule has 1 aliphatic rings. The van der Waals surface area contributed by atoms with Crippen molar-refractivity contribution in [2.24, 2.45) is 0 Å². The Kier molecular flexibility index (Phi) is 4.40. The largest absolute Gasteiger partial charge is 0.315 e. The first-order valence-corrected chi connectivity index (χ1v) is 8.24. The molecule has 2 N–H and O–H groups in total. The summed E-state index contributed by atoms with van der Waals surface area (Å²) in [4.78, 5) is 9.22. The molecule has 0 spiro atoms. The molecule has 0 amide bonds. The van der Waals surface area contributed by atoms with Crippen molar-refractivity contribution >= 4 is 22.3 Å². The molecule has 1 fully saturated rings. The molecule has 2 aromatic rings. The number of hydrogen-bond acceptors (Lipinski definition) is 7. The summed E-state index contributed by atoms with van der Waals surface area (Å²) in [6.07, 6.45) is 4.47. The standard InChI is InChI=1S/C14H20N6S/c1-3-12-19-20-14(21-12)18-11-8-9(2)16-13(17-11)10-6-4-5-7-15-10/h8,10,15H,3-7H2,1-2H3,(H,16,17,18,20). The highest BCUT2D eigenvalue weighted by molar-refractivity contribution is 7.15. The van der Waals surface area contributed by atoms with E-state index in [1.54, 1.807) is 11.3 Å². The van der Waals surface area contributed by atoms with Gasteiger partial charge in [0.15, 0.2) is 0 Å². The second kappa shape index (κ2) is 6.44. The van der Waals surface area contributed by atoms with E-state index in [-0.39, 0.29) is 6.04 Å². The third kappa shape index (κ3) is 3.54. The SMILES string of the molecule is CCc1nnc(Nc2cc(C)nc(C3CCCCN3)n2)s1.